The Morgan fingerprint density at radius 1 is 0.900 bits per heavy atom. The molecular weight excluding hydrogens is 425 g/mol. The third-order valence-corrected chi connectivity index (χ3v) is 6.26. The summed E-state index contributed by atoms with van der Waals surface area (Å²) in [6, 6.07) is 20.1. The van der Waals surface area contributed by atoms with Crippen molar-refractivity contribution >= 4 is 28.9 Å². The Balaban J connectivity index is 1.67. The van der Waals surface area contributed by atoms with Gasteiger partial charge in [0.15, 0.2) is 11.6 Å². The molecule has 1 aliphatic heterocycles. The molecular formula is C24H22Cl2F2N2. The monoisotopic (exact) mass is 446 g/mol. The molecule has 0 aromatic heterocycles. The lowest BCUT2D eigenvalue weighted by atomic mass is 9.93. The summed E-state index contributed by atoms with van der Waals surface area (Å²) in [4.78, 5) is 4.60. The van der Waals surface area contributed by atoms with E-state index in [2.05, 4.69) is 28.9 Å². The fraction of sp³-hybridized carbons (Fsp3) is 0.250. The molecule has 1 fully saturated rings. The number of piperazine rings is 1. The lowest BCUT2D eigenvalue weighted by Gasteiger charge is -2.48. The molecule has 156 valence electrons. The first kappa shape index (κ1) is 21.1. The summed E-state index contributed by atoms with van der Waals surface area (Å²) >= 11 is 12.7. The molecule has 1 aliphatic rings. The molecule has 0 spiro atoms. The van der Waals surface area contributed by atoms with Gasteiger partial charge in [-0.25, -0.2) is 8.78 Å². The maximum Gasteiger partial charge on any atom is 0.159 e. The van der Waals surface area contributed by atoms with E-state index in [1.165, 1.54) is 17.7 Å². The summed E-state index contributed by atoms with van der Waals surface area (Å²) in [6.45, 7) is 4.22. The van der Waals surface area contributed by atoms with E-state index in [0.717, 1.165) is 24.3 Å². The minimum absolute atomic E-state index is 0.0453. The second-order valence-electron chi connectivity index (χ2n) is 7.60. The number of anilines is 1. The number of hydrogen-bond acceptors (Lipinski definition) is 2. The van der Waals surface area contributed by atoms with Crippen LogP contribution in [-0.2, 0) is 6.54 Å². The standard InChI is InChI=1S/C24H22Cl2F2N2/c1-16-24(18-5-3-2-4-6-18)30(23-10-8-19(25)14-20(23)26)12-11-29(16)15-17-7-9-21(27)22(28)13-17/h2-10,13-14,16,24H,11-12,15H2,1H3/t16-,24+/m1/s1. The van der Waals surface area contributed by atoms with Crippen LogP contribution in [0.1, 0.15) is 24.1 Å². The zero-order valence-electron chi connectivity index (χ0n) is 16.5. The van der Waals surface area contributed by atoms with Crippen molar-refractivity contribution in [3.63, 3.8) is 0 Å². The summed E-state index contributed by atoms with van der Waals surface area (Å²) in [5.74, 6) is -1.64. The molecule has 4 rings (SSSR count). The lowest BCUT2D eigenvalue weighted by molar-refractivity contribution is 0.144. The van der Waals surface area contributed by atoms with Gasteiger partial charge in [-0.2, -0.15) is 0 Å². The van der Waals surface area contributed by atoms with E-state index in [1.54, 1.807) is 12.1 Å². The van der Waals surface area contributed by atoms with Gasteiger partial charge in [0.25, 0.3) is 0 Å². The van der Waals surface area contributed by atoms with E-state index < -0.39 is 11.6 Å². The number of hydrogen-bond donors (Lipinski definition) is 0. The first-order valence-electron chi connectivity index (χ1n) is 9.88. The Labute approximate surface area is 185 Å². The van der Waals surface area contributed by atoms with Crippen LogP contribution in [0.3, 0.4) is 0 Å². The second kappa shape index (κ2) is 8.93. The third-order valence-electron chi connectivity index (χ3n) is 5.73. The highest BCUT2D eigenvalue weighted by molar-refractivity contribution is 6.36. The lowest BCUT2D eigenvalue weighted by Crippen LogP contribution is -2.53. The third kappa shape index (κ3) is 4.31. The summed E-state index contributed by atoms with van der Waals surface area (Å²) in [6.07, 6.45) is 0. The van der Waals surface area contributed by atoms with Gasteiger partial charge in [0.05, 0.1) is 16.8 Å². The number of nitrogens with zero attached hydrogens (tertiary/aromatic N) is 2. The van der Waals surface area contributed by atoms with Gasteiger partial charge < -0.3 is 4.90 Å². The van der Waals surface area contributed by atoms with Crippen molar-refractivity contribution in [2.24, 2.45) is 0 Å². The fourth-order valence-electron chi connectivity index (χ4n) is 4.23. The molecule has 0 amide bonds. The van der Waals surface area contributed by atoms with E-state index in [9.17, 15) is 8.78 Å². The molecule has 0 aliphatic carbocycles. The molecule has 0 unspecified atom stereocenters. The van der Waals surface area contributed by atoms with Gasteiger partial charge in [-0.05, 0) is 48.4 Å². The van der Waals surface area contributed by atoms with Crippen molar-refractivity contribution in [1.82, 2.24) is 4.90 Å². The molecule has 3 aromatic carbocycles. The summed E-state index contributed by atoms with van der Waals surface area (Å²) in [5.41, 5.74) is 2.87. The molecule has 0 bridgehead atoms. The summed E-state index contributed by atoms with van der Waals surface area (Å²) in [5, 5.41) is 1.22. The highest BCUT2D eigenvalue weighted by Crippen LogP contribution is 2.39. The van der Waals surface area contributed by atoms with Gasteiger partial charge in [0, 0.05) is 30.7 Å². The normalized spacial score (nSPS) is 19.8. The number of rotatable bonds is 4. The van der Waals surface area contributed by atoms with Crippen molar-refractivity contribution in [1.29, 1.82) is 0 Å². The molecule has 2 atom stereocenters. The zero-order chi connectivity index (χ0) is 21.3. The largest absolute Gasteiger partial charge is 0.360 e. The maximum atomic E-state index is 13.7. The predicted molar refractivity (Wildman–Crippen MR) is 119 cm³/mol. The Morgan fingerprint density at radius 3 is 2.37 bits per heavy atom. The van der Waals surface area contributed by atoms with Crippen LogP contribution in [0.4, 0.5) is 14.5 Å². The van der Waals surface area contributed by atoms with Crippen LogP contribution in [0, 0.1) is 11.6 Å². The molecule has 6 heteroatoms. The number of benzene rings is 3. The van der Waals surface area contributed by atoms with Crippen LogP contribution in [-0.4, -0.2) is 24.0 Å². The smallest absolute Gasteiger partial charge is 0.159 e. The maximum absolute atomic E-state index is 13.7. The van der Waals surface area contributed by atoms with Crippen molar-refractivity contribution in [3.05, 3.63) is 99.5 Å². The number of halogens is 4. The van der Waals surface area contributed by atoms with Gasteiger partial charge in [0.2, 0.25) is 0 Å². The summed E-state index contributed by atoms with van der Waals surface area (Å²) in [7, 11) is 0. The predicted octanol–water partition coefficient (Wildman–Crippen LogP) is 6.72. The van der Waals surface area contributed by atoms with E-state index in [0.29, 0.717) is 16.6 Å². The molecule has 0 N–H and O–H groups in total. The second-order valence-corrected chi connectivity index (χ2v) is 8.45. The van der Waals surface area contributed by atoms with E-state index in [1.807, 2.05) is 30.3 Å². The molecule has 1 heterocycles. The van der Waals surface area contributed by atoms with E-state index in [4.69, 9.17) is 23.2 Å². The summed E-state index contributed by atoms with van der Waals surface area (Å²) < 4.78 is 27.0. The quantitative estimate of drug-likeness (QED) is 0.438. The zero-order valence-corrected chi connectivity index (χ0v) is 18.0. The first-order chi connectivity index (χ1) is 14.4. The minimum atomic E-state index is -0.823. The van der Waals surface area contributed by atoms with Crippen LogP contribution < -0.4 is 4.90 Å². The average Bonchev–Trinajstić information content (AvgIpc) is 2.73. The van der Waals surface area contributed by atoms with Crippen LogP contribution in [0.15, 0.2) is 66.7 Å². The van der Waals surface area contributed by atoms with Crippen molar-refractivity contribution in [3.8, 4) is 0 Å². The SMILES string of the molecule is C[C@@H]1[C@@H](c2ccccc2)N(c2ccc(Cl)cc2Cl)CCN1Cc1ccc(F)c(F)c1. The van der Waals surface area contributed by atoms with E-state index >= 15 is 0 Å². The van der Waals surface area contributed by atoms with Crippen LogP contribution >= 0.6 is 23.2 Å². The fourth-order valence-corrected chi connectivity index (χ4v) is 4.74. The van der Waals surface area contributed by atoms with Crippen molar-refractivity contribution < 1.29 is 8.78 Å². The Bertz CT molecular complexity index is 1030. The Kier molecular flexibility index (Phi) is 6.28. The molecule has 0 saturated carbocycles. The highest BCUT2D eigenvalue weighted by Gasteiger charge is 2.35. The molecule has 2 nitrogen and oxygen atoms in total. The topological polar surface area (TPSA) is 6.48 Å². The van der Waals surface area contributed by atoms with Crippen LogP contribution in [0.5, 0.6) is 0 Å². The molecule has 1 saturated heterocycles. The van der Waals surface area contributed by atoms with Crippen molar-refractivity contribution in [2.75, 3.05) is 18.0 Å². The Morgan fingerprint density at radius 2 is 1.67 bits per heavy atom. The first-order valence-corrected chi connectivity index (χ1v) is 10.6. The molecule has 30 heavy (non-hydrogen) atoms. The van der Waals surface area contributed by atoms with E-state index in [-0.39, 0.29) is 12.1 Å². The Hall–Kier alpha value is -2.14. The van der Waals surface area contributed by atoms with Gasteiger partial charge in [-0.15, -0.1) is 0 Å². The van der Waals surface area contributed by atoms with Gasteiger partial charge in [-0.3, -0.25) is 4.90 Å². The van der Waals surface area contributed by atoms with Gasteiger partial charge in [-0.1, -0.05) is 59.6 Å². The van der Waals surface area contributed by atoms with Crippen LogP contribution in [0.2, 0.25) is 10.0 Å². The average molecular weight is 447 g/mol. The molecule has 0 radical (unpaired) electrons. The van der Waals surface area contributed by atoms with Crippen molar-refractivity contribution in [2.45, 2.75) is 25.6 Å². The molecule has 3 aromatic rings. The minimum Gasteiger partial charge on any atom is -0.360 e. The van der Waals surface area contributed by atoms with Gasteiger partial charge >= 0.3 is 0 Å². The highest BCUT2D eigenvalue weighted by atomic mass is 35.5. The van der Waals surface area contributed by atoms with Crippen LogP contribution in [0.25, 0.3) is 0 Å². The van der Waals surface area contributed by atoms with Gasteiger partial charge in [0.1, 0.15) is 0 Å².